The number of carbonyl (C=O) groups is 1. The molecule has 1 saturated heterocycles. The summed E-state index contributed by atoms with van der Waals surface area (Å²) in [6.45, 7) is 0.947. The average molecular weight is 289 g/mol. The molecule has 1 aromatic rings. The van der Waals surface area contributed by atoms with Gasteiger partial charge in [-0.1, -0.05) is 12.8 Å². The second-order valence-electron chi connectivity index (χ2n) is 5.87. The molecule has 1 aromatic heterocycles. The van der Waals surface area contributed by atoms with Crippen molar-refractivity contribution in [3.8, 4) is 0 Å². The van der Waals surface area contributed by atoms with Crippen LogP contribution in [0.15, 0.2) is 18.5 Å². The second kappa shape index (κ2) is 6.85. The lowest BCUT2D eigenvalue weighted by molar-refractivity contribution is -0.123. The lowest BCUT2D eigenvalue weighted by Gasteiger charge is -2.33. The van der Waals surface area contributed by atoms with Crippen molar-refractivity contribution in [3.05, 3.63) is 18.5 Å². The highest BCUT2D eigenvalue weighted by Gasteiger charge is 2.30. The number of carbonyl (C=O) groups excluding carboxylic acids is 1. The molecule has 6 heteroatoms. The first-order valence-corrected chi connectivity index (χ1v) is 7.90. The Morgan fingerprint density at radius 1 is 1.10 bits per heavy atom. The summed E-state index contributed by atoms with van der Waals surface area (Å²) in [5, 5.41) is 9.83. The Labute approximate surface area is 125 Å². The zero-order valence-corrected chi connectivity index (χ0v) is 12.2. The number of anilines is 1. The van der Waals surface area contributed by atoms with Crippen LogP contribution in [0.1, 0.15) is 38.5 Å². The van der Waals surface area contributed by atoms with Crippen molar-refractivity contribution in [3.63, 3.8) is 0 Å². The largest absolute Gasteiger partial charge is 0.350 e. The molecule has 0 bridgehead atoms. The first kappa shape index (κ1) is 14.3. The van der Waals surface area contributed by atoms with Gasteiger partial charge in [-0.3, -0.25) is 4.79 Å². The van der Waals surface area contributed by atoms with Crippen LogP contribution in [-0.2, 0) is 4.79 Å². The number of nitrogens with one attached hydrogen (secondary N) is 3. The Morgan fingerprint density at radius 3 is 2.57 bits per heavy atom. The van der Waals surface area contributed by atoms with E-state index in [-0.39, 0.29) is 24.0 Å². The molecular formula is C15H23N5O. The van der Waals surface area contributed by atoms with E-state index in [1.165, 1.54) is 6.42 Å². The SMILES string of the molecule is O=C(N[C@@H]1CCCC[C@H]1Nc1ncccn1)[C@@H]1CCCN1. The smallest absolute Gasteiger partial charge is 0.237 e. The van der Waals surface area contributed by atoms with Gasteiger partial charge in [0.05, 0.1) is 6.04 Å². The summed E-state index contributed by atoms with van der Waals surface area (Å²) in [5.41, 5.74) is 0. The maximum atomic E-state index is 12.3. The molecule has 0 aromatic carbocycles. The second-order valence-corrected chi connectivity index (χ2v) is 5.87. The maximum absolute atomic E-state index is 12.3. The number of hydrogen-bond donors (Lipinski definition) is 3. The van der Waals surface area contributed by atoms with Crippen molar-refractivity contribution >= 4 is 11.9 Å². The van der Waals surface area contributed by atoms with Crippen LogP contribution in [0.5, 0.6) is 0 Å². The highest BCUT2D eigenvalue weighted by atomic mass is 16.2. The molecule has 3 atom stereocenters. The van der Waals surface area contributed by atoms with Crippen LogP contribution in [0.25, 0.3) is 0 Å². The van der Waals surface area contributed by atoms with Crippen LogP contribution in [0.2, 0.25) is 0 Å². The van der Waals surface area contributed by atoms with Gasteiger partial charge < -0.3 is 16.0 Å². The van der Waals surface area contributed by atoms with Crippen LogP contribution in [0.4, 0.5) is 5.95 Å². The quantitative estimate of drug-likeness (QED) is 0.772. The summed E-state index contributed by atoms with van der Waals surface area (Å²) in [5.74, 6) is 0.780. The Balaban J connectivity index is 1.59. The van der Waals surface area contributed by atoms with E-state index >= 15 is 0 Å². The summed E-state index contributed by atoms with van der Waals surface area (Å²) >= 11 is 0. The summed E-state index contributed by atoms with van der Waals surface area (Å²) in [6, 6.07) is 2.17. The van der Waals surface area contributed by atoms with Gasteiger partial charge in [0.15, 0.2) is 0 Å². The summed E-state index contributed by atoms with van der Waals surface area (Å²) < 4.78 is 0. The monoisotopic (exact) mass is 289 g/mol. The first-order valence-electron chi connectivity index (χ1n) is 7.90. The average Bonchev–Trinajstić information content (AvgIpc) is 3.05. The van der Waals surface area contributed by atoms with E-state index in [9.17, 15) is 4.79 Å². The fourth-order valence-corrected chi connectivity index (χ4v) is 3.21. The molecule has 1 saturated carbocycles. The maximum Gasteiger partial charge on any atom is 0.237 e. The van der Waals surface area contributed by atoms with Gasteiger partial charge in [0.25, 0.3) is 0 Å². The standard InChI is InChI=1S/C15H23N5O/c21-14(13-7-3-8-16-13)19-11-5-1-2-6-12(11)20-15-17-9-4-10-18-15/h4,9-13,16H,1-3,5-8H2,(H,19,21)(H,17,18,20)/t11-,12-,13+/m1/s1. The topological polar surface area (TPSA) is 78.9 Å². The van der Waals surface area contributed by atoms with Crippen molar-refractivity contribution in [2.45, 2.75) is 56.7 Å². The molecule has 0 unspecified atom stereocenters. The molecule has 3 rings (SSSR count). The zero-order valence-electron chi connectivity index (χ0n) is 12.2. The van der Waals surface area contributed by atoms with Gasteiger partial charge in [0, 0.05) is 24.5 Å². The fraction of sp³-hybridized carbons (Fsp3) is 0.667. The van der Waals surface area contributed by atoms with E-state index < -0.39 is 0 Å². The van der Waals surface area contributed by atoms with Crippen molar-refractivity contribution in [1.82, 2.24) is 20.6 Å². The predicted molar refractivity (Wildman–Crippen MR) is 80.9 cm³/mol. The van der Waals surface area contributed by atoms with E-state index in [0.29, 0.717) is 5.95 Å². The van der Waals surface area contributed by atoms with Crippen molar-refractivity contribution in [2.75, 3.05) is 11.9 Å². The molecular weight excluding hydrogens is 266 g/mol. The highest BCUT2D eigenvalue weighted by Crippen LogP contribution is 2.21. The van der Waals surface area contributed by atoms with Crippen LogP contribution in [0, 0.1) is 0 Å². The molecule has 2 heterocycles. The third-order valence-electron chi connectivity index (χ3n) is 4.35. The number of nitrogens with zero attached hydrogens (tertiary/aromatic N) is 2. The van der Waals surface area contributed by atoms with Gasteiger partial charge >= 0.3 is 0 Å². The van der Waals surface area contributed by atoms with E-state index in [4.69, 9.17) is 0 Å². The van der Waals surface area contributed by atoms with Gasteiger partial charge in [-0.2, -0.15) is 0 Å². The third-order valence-corrected chi connectivity index (χ3v) is 4.35. The summed E-state index contributed by atoms with van der Waals surface area (Å²) in [7, 11) is 0. The summed E-state index contributed by atoms with van der Waals surface area (Å²) in [4.78, 5) is 20.7. The minimum Gasteiger partial charge on any atom is -0.350 e. The molecule has 0 radical (unpaired) electrons. The predicted octanol–water partition coefficient (Wildman–Crippen LogP) is 1.07. The lowest BCUT2D eigenvalue weighted by atomic mass is 9.90. The third kappa shape index (κ3) is 3.69. The van der Waals surface area contributed by atoms with Crippen molar-refractivity contribution in [1.29, 1.82) is 0 Å². The lowest BCUT2D eigenvalue weighted by Crippen LogP contribution is -2.52. The highest BCUT2D eigenvalue weighted by molar-refractivity contribution is 5.82. The van der Waals surface area contributed by atoms with Crippen LogP contribution in [0.3, 0.4) is 0 Å². The van der Waals surface area contributed by atoms with Gasteiger partial charge in [-0.05, 0) is 38.3 Å². The zero-order chi connectivity index (χ0) is 14.5. The molecule has 21 heavy (non-hydrogen) atoms. The Kier molecular flexibility index (Phi) is 4.65. The minimum absolute atomic E-state index is 0.0134. The molecule has 2 fully saturated rings. The van der Waals surface area contributed by atoms with Crippen molar-refractivity contribution in [2.24, 2.45) is 0 Å². The van der Waals surface area contributed by atoms with Crippen LogP contribution in [-0.4, -0.2) is 40.5 Å². The summed E-state index contributed by atoms with van der Waals surface area (Å²) in [6.07, 6.45) is 9.89. The normalized spacial score (nSPS) is 29.0. The Hall–Kier alpha value is -1.69. The van der Waals surface area contributed by atoms with Crippen LogP contribution >= 0.6 is 0 Å². The molecule has 1 aliphatic carbocycles. The van der Waals surface area contributed by atoms with Gasteiger partial charge in [-0.15, -0.1) is 0 Å². The minimum atomic E-state index is -0.0134. The Bertz CT molecular complexity index is 460. The van der Waals surface area contributed by atoms with Gasteiger partial charge in [0.2, 0.25) is 11.9 Å². The van der Waals surface area contributed by atoms with Crippen LogP contribution < -0.4 is 16.0 Å². The number of rotatable bonds is 4. The number of aromatic nitrogens is 2. The molecule has 2 aliphatic rings. The number of amides is 1. The molecule has 1 aliphatic heterocycles. The van der Waals surface area contributed by atoms with Crippen molar-refractivity contribution < 1.29 is 4.79 Å². The number of hydrogen-bond acceptors (Lipinski definition) is 5. The van der Waals surface area contributed by atoms with E-state index in [1.807, 2.05) is 0 Å². The fourth-order valence-electron chi connectivity index (χ4n) is 3.21. The first-order chi connectivity index (χ1) is 10.3. The van der Waals surface area contributed by atoms with Gasteiger partial charge in [0.1, 0.15) is 0 Å². The Morgan fingerprint density at radius 2 is 1.86 bits per heavy atom. The molecule has 0 spiro atoms. The van der Waals surface area contributed by atoms with E-state index in [0.717, 1.165) is 38.6 Å². The van der Waals surface area contributed by atoms with Gasteiger partial charge in [-0.25, -0.2) is 9.97 Å². The van der Waals surface area contributed by atoms with E-state index in [2.05, 4.69) is 25.9 Å². The molecule has 1 amide bonds. The molecule has 3 N–H and O–H groups in total. The van der Waals surface area contributed by atoms with E-state index in [1.54, 1.807) is 18.5 Å². The molecule has 114 valence electrons. The molecule has 6 nitrogen and oxygen atoms in total.